The van der Waals surface area contributed by atoms with Crippen molar-refractivity contribution in [3.63, 3.8) is 0 Å². The van der Waals surface area contributed by atoms with Gasteiger partial charge in [-0.25, -0.2) is 0 Å². The fourth-order valence-corrected chi connectivity index (χ4v) is 9.98. The number of esters is 3. The van der Waals surface area contributed by atoms with Gasteiger partial charge >= 0.3 is 17.9 Å². The second-order valence-electron chi connectivity index (χ2n) is 23.1. The Morgan fingerprint density at radius 3 is 0.800 bits per heavy atom. The minimum atomic E-state index is -0.805. The number of allylic oxidation sites excluding steroid dienone is 14. The second kappa shape index (κ2) is 68.1. The van der Waals surface area contributed by atoms with Gasteiger partial charge in [-0.3, -0.25) is 14.4 Å². The summed E-state index contributed by atoms with van der Waals surface area (Å²) >= 11 is 0. The first kappa shape index (κ1) is 76.6. The van der Waals surface area contributed by atoms with E-state index in [2.05, 4.69) is 106 Å². The average Bonchev–Trinajstić information content (AvgIpc) is 3.46. The SMILES string of the molecule is CC/C=C\C/C=C\C/C=C\C/C=C\C/C=C\CCCC(=O)OC(COC(=O)CCCCCCCCCCCCCCCC)COC(=O)CCCCCCCCCCCCCCCCCCCCC/C=C\C/C=C\CCCCCCC. The minimum absolute atomic E-state index is 0.0948. The number of rotatable bonds is 63. The summed E-state index contributed by atoms with van der Waals surface area (Å²) in [6, 6.07) is 0. The highest BCUT2D eigenvalue weighted by Gasteiger charge is 2.19. The maximum absolute atomic E-state index is 12.9. The third-order valence-corrected chi connectivity index (χ3v) is 15.1. The molecule has 1 unspecified atom stereocenters. The monoisotopic (exact) mass is 1110 g/mol. The van der Waals surface area contributed by atoms with E-state index in [0.29, 0.717) is 19.3 Å². The van der Waals surface area contributed by atoms with Gasteiger partial charge in [0.05, 0.1) is 0 Å². The molecule has 0 amide bonds. The van der Waals surface area contributed by atoms with Gasteiger partial charge in [0, 0.05) is 19.3 Å². The van der Waals surface area contributed by atoms with Crippen molar-refractivity contribution in [2.45, 2.75) is 354 Å². The first-order valence-electron chi connectivity index (χ1n) is 34.6. The van der Waals surface area contributed by atoms with Crippen molar-refractivity contribution in [2.24, 2.45) is 0 Å². The molecule has 0 saturated carbocycles. The Labute approximate surface area is 496 Å². The summed E-state index contributed by atoms with van der Waals surface area (Å²) in [6.45, 7) is 6.51. The highest BCUT2D eigenvalue weighted by molar-refractivity contribution is 5.71. The lowest BCUT2D eigenvalue weighted by Gasteiger charge is -2.18. The molecule has 0 bridgehead atoms. The molecule has 0 aromatic carbocycles. The lowest BCUT2D eigenvalue weighted by atomic mass is 10.0. The molecule has 0 N–H and O–H groups in total. The normalized spacial score (nSPS) is 12.6. The number of carbonyl (C=O) groups is 3. The van der Waals surface area contributed by atoms with Gasteiger partial charge in [-0.15, -0.1) is 0 Å². The number of hydrogen-bond donors (Lipinski definition) is 0. The Kier molecular flexibility index (Phi) is 65.2. The summed E-state index contributed by atoms with van der Waals surface area (Å²) in [5.74, 6) is -0.936. The largest absolute Gasteiger partial charge is 0.462 e. The molecule has 0 fully saturated rings. The molecule has 462 valence electrons. The summed E-state index contributed by atoms with van der Waals surface area (Å²) in [7, 11) is 0. The van der Waals surface area contributed by atoms with E-state index < -0.39 is 6.10 Å². The fourth-order valence-electron chi connectivity index (χ4n) is 9.98. The Morgan fingerprint density at radius 2 is 0.500 bits per heavy atom. The molecule has 0 spiro atoms. The molecule has 0 saturated heterocycles. The quantitative estimate of drug-likeness (QED) is 0.0261. The van der Waals surface area contributed by atoms with Crippen LogP contribution < -0.4 is 0 Å². The zero-order valence-electron chi connectivity index (χ0n) is 53.1. The lowest BCUT2D eigenvalue weighted by molar-refractivity contribution is -0.167. The fraction of sp³-hybridized carbons (Fsp3) is 0.770. The van der Waals surface area contributed by atoms with E-state index in [9.17, 15) is 14.4 Å². The van der Waals surface area contributed by atoms with E-state index in [0.717, 1.165) is 83.5 Å². The van der Waals surface area contributed by atoms with Crippen LogP contribution in [0.15, 0.2) is 85.1 Å². The lowest BCUT2D eigenvalue weighted by Crippen LogP contribution is -2.30. The molecule has 6 heteroatoms. The molecule has 1 atom stereocenters. The molecule has 0 aliphatic heterocycles. The molecule has 0 aromatic rings. The summed E-state index contributed by atoms with van der Waals surface area (Å²) in [5, 5.41) is 0. The standard InChI is InChI=1S/C74H130O6/c1-4-7-10-13-16-19-22-25-28-30-31-32-33-34-35-36-37-38-39-40-41-42-43-45-46-49-52-55-58-61-64-67-73(76)79-70-71(69-78-72(75)66-63-60-57-54-51-48-27-24-21-18-15-12-9-6-3)80-74(77)68-65-62-59-56-53-50-47-44-29-26-23-20-17-14-11-8-5-2/h8,11,17,20,22,25-26,29-31,47,50,56,59,71H,4-7,9-10,12-16,18-19,21,23-24,27-28,32-46,48-49,51-55,57-58,60-70H2,1-3H3/b11-8-,20-17-,25-22-,29-26-,31-30-,50-47-,59-56-. The van der Waals surface area contributed by atoms with Crippen LogP contribution in [0, 0.1) is 0 Å². The third-order valence-electron chi connectivity index (χ3n) is 15.1. The van der Waals surface area contributed by atoms with Crippen molar-refractivity contribution < 1.29 is 28.6 Å². The van der Waals surface area contributed by atoms with Crippen LogP contribution in [0.3, 0.4) is 0 Å². The number of hydrogen-bond acceptors (Lipinski definition) is 6. The highest BCUT2D eigenvalue weighted by Crippen LogP contribution is 2.18. The van der Waals surface area contributed by atoms with E-state index in [-0.39, 0.29) is 37.5 Å². The van der Waals surface area contributed by atoms with Crippen LogP contribution in [0.1, 0.15) is 348 Å². The van der Waals surface area contributed by atoms with Gasteiger partial charge in [0.25, 0.3) is 0 Å². The van der Waals surface area contributed by atoms with E-state index in [1.165, 1.54) is 218 Å². The summed E-state index contributed by atoms with van der Waals surface area (Å²) < 4.78 is 16.9. The van der Waals surface area contributed by atoms with Gasteiger partial charge in [-0.05, 0) is 89.9 Å². The summed E-state index contributed by atoms with van der Waals surface area (Å²) in [4.78, 5) is 38.3. The smallest absolute Gasteiger partial charge is 0.306 e. The van der Waals surface area contributed by atoms with Crippen molar-refractivity contribution >= 4 is 17.9 Å². The molecule has 0 aliphatic rings. The highest BCUT2D eigenvalue weighted by atomic mass is 16.6. The van der Waals surface area contributed by atoms with E-state index in [4.69, 9.17) is 14.2 Å². The van der Waals surface area contributed by atoms with Crippen molar-refractivity contribution in [2.75, 3.05) is 13.2 Å². The first-order valence-corrected chi connectivity index (χ1v) is 34.6. The van der Waals surface area contributed by atoms with Crippen LogP contribution in [0.4, 0.5) is 0 Å². The van der Waals surface area contributed by atoms with Gasteiger partial charge in [-0.1, -0.05) is 324 Å². The molecule has 80 heavy (non-hydrogen) atoms. The molecule has 0 rings (SSSR count). The molecule has 0 aliphatic carbocycles. The molecular weight excluding hydrogens is 985 g/mol. The molecule has 0 aromatic heterocycles. The van der Waals surface area contributed by atoms with Crippen LogP contribution in [-0.4, -0.2) is 37.2 Å². The van der Waals surface area contributed by atoms with Gasteiger partial charge in [-0.2, -0.15) is 0 Å². The van der Waals surface area contributed by atoms with Crippen molar-refractivity contribution in [1.29, 1.82) is 0 Å². The van der Waals surface area contributed by atoms with Gasteiger partial charge in [0.2, 0.25) is 0 Å². The van der Waals surface area contributed by atoms with Crippen LogP contribution in [0.2, 0.25) is 0 Å². The van der Waals surface area contributed by atoms with Crippen LogP contribution in [0.25, 0.3) is 0 Å². The predicted octanol–water partition coefficient (Wildman–Crippen LogP) is 23.8. The van der Waals surface area contributed by atoms with Crippen molar-refractivity contribution in [3.05, 3.63) is 85.1 Å². The molecule has 0 heterocycles. The maximum atomic E-state index is 12.9. The minimum Gasteiger partial charge on any atom is -0.462 e. The van der Waals surface area contributed by atoms with E-state index >= 15 is 0 Å². The Balaban J connectivity index is 4.23. The van der Waals surface area contributed by atoms with Crippen molar-refractivity contribution in [3.8, 4) is 0 Å². The van der Waals surface area contributed by atoms with Crippen LogP contribution >= 0.6 is 0 Å². The Morgan fingerprint density at radius 1 is 0.263 bits per heavy atom. The van der Waals surface area contributed by atoms with Gasteiger partial charge in [0.15, 0.2) is 6.10 Å². The Hall–Kier alpha value is -3.41. The molecule has 6 nitrogen and oxygen atoms in total. The van der Waals surface area contributed by atoms with Gasteiger partial charge < -0.3 is 14.2 Å². The maximum Gasteiger partial charge on any atom is 0.306 e. The van der Waals surface area contributed by atoms with E-state index in [1.54, 1.807) is 0 Å². The number of ether oxygens (including phenoxy) is 3. The Bertz CT molecular complexity index is 1520. The first-order chi connectivity index (χ1) is 39.5. The number of carbonyl (C=O) groups excluding carboxylic acids is 3. The molecular formula is C74H130O6. The second-order valence-corrected chi connectivity index (χ2v) is 23.1. The molecule has 0 radical (unpaired) electrons. The number of unbranched alkanes of at least 4 members (excludes halogenated alkanes) is 38. The van der Waals surface area contributed by atoms with Crippen LogP contribution in [-0.2, 0) is 28.6 Å². The zero-order chi connectivity index (χ0) is 57.8. The van der Waals surface area contributed by atoms with Gasteiger partial charge in [0.1, 0.15) is 13.2 Å². The third kappa shape index (κ3) is 65.4. The van der Waals surface area contributed by atoms with Crippen molar-refractivity contribution in [1.82, 2.24) is 0 Å². The predicted molar refractivity (Wildman–Crippen MR) is 348 cm³/mol. The van der Waals surface area contributed by atoms with Crippen LogP contribution in [0.5, 0.6) is 0 Å². The zero-order valence-corrected chi connectivity index (χ0v) is 53.1. The summed E-state index contributed by atoms with van der Waals surface area (Å²) in [6.07, 6.45) is 90.5. The van der Waals surface area contributed by atoms with E-state index in [1.807, 2.05) is 0 Å². The summed E-state index contributed by atoms with van der Waals surface area (Å²) in [5.41, 5.74) is 0. The topological polar surface area (TPSA) is 78.9 Å². The average molecular weight is 1120 g/mol.